The molecule has 0 radical (unpaired) electrons. The summed E-state index contributed by atoms with van der Waals surface area (Å²) >= 11 is 17.2. The number of hydrogen-bond donors (Lipinski definition) is 2. The lowest BCUT2D eigenvalue weighted by molar-refractivity contribution is 0.273. The molecule has 0 unspecified atom stereocenters. The number of hydrogen-bond acceptors (Lipinski definition) is 4. The fourth-order valence-corrected chi connectivity index (χ4v) is 1.76. The van der Waals surface area contributed by atoms with E-state index in [-0.39, 0.29) is 24.6 Å². The first kappa shape index (κ1) is 13.0. The van der Waals surface area contributed by atoms with Crippen LogP contribution in [0.25, 0.3) is 0 Å². The first-order valence-electron chi connectivity index (χ1n) is 4.22. The van der Waals surface area contributed by atoms with E-state index in [4.69, 9.17) is 45.0 Å². The minimum Gasteiger partial charge on any atom is -0.396 e. The minimum atomic E-state index is -1.68. The van der Waals surface area contributed by atoms with Crippen molar-refractivity contribution in [1.29, 1.82) is 0 Å². The molecule has 5 nitrogen and oxygen atoms in total. The summed E-state index contributed by atoms with van der Waals surface area (Å²) in [6.07, 6.45) is 0.474. The number of aromatic nitrogens is 3. The van der Waals surface area contributed by atoms with E-state index in [1.807, 2.05) is 0 Å². The Hall–Kier alpha value is -0.0700. The van der Waals surface area contributed by atoms with E-state index < -0.39 is 3.79 Å². The van der Waals surface area contributed by atoms with Gasteiger partial charge in [-0.2, -0.15) is 0 Å². The van der Waals surface area contributed by atoms with E-state index >= 15 is 0 Å². The van der Waals surface area contributed by atoms with Crippen LogP contribution in [0.4, 0.5) is 0 Å². The lowest BCUT2D eigenvalue weighted by atomic mass is 10.3. The highest BCUT2D eigenvalue weighted by Crippen LogP contribution is 2.39. The Morgan fingerprint density at radius 3 is 2.40 bits per heavy atom. The van der Waals surface area contributed by atoms with Crippen molar-refractivity contribution in [2.24, 2.45) is 0 Å². The molecular weight excluding hydrogens is 264 g/mol. The van der Waals surface area contributed by atoms with Gasteiger partial charge in [0.1, 0.15) is 11.4 Å². The number of aliphatic hydroxyl groups is 2. The molecule has 0 aromatic carbocycles. The molecule has 1 heterocycles. The summed E-state index contributed by atoms with van der Waals surface area (Å²) in [5.74, 6) is 0. The van der Waals surface area contributed by atoms with Gasteiger partial charge in [0, 0.05) is 13.2 Å². The normalized spacial score (nSPS) is 12.1. The van der Waals surface area contributed by atoms with Gasteiger partial charge in [0.25, 0.3) is 0 Å². The van der Waals surface area contributed by atoms with Crippen LogP contribution in [-0.4, -0.2) is 31.8 Å². The molecule has 0 amide bonds. The maximum atomic E-state index is 8.98. The van der Waals surface area contributed by atoms with Crippen LogP contribution in [0.2, 0.25) is 0 Å². The summed E-state index contributed by atoms with van der Waals surface area (Å²) in [7, 11) is 0. The molecule has 0 aliphatic rings. The van der Waals surface area contributed by atoms with Gasteiger partial charge in [-0.05, 0) is 6.42 Å². The van der Waals surface area contributed by atoms with Gasteiger partial charge in [0.15, 0.2) is 0 Å². The Morgan fingerprint density at radius 1 is 1.27 bits per heavy atom. The summed E-state index contributed by atoms with van der Waals surface area (Å²) in [6, 6.07) is 0. The molecule has 15 heavy (non-hydrogen) atoms. The first-order chi connectivity index (χ1) is 7.00. The molecular formula is C7H10Cl3N3O2. The summed E-state index contributed by atoms with van der Waals surface area (Å²) in [5.41, 5.74) is 0.469. The molecule has 0 fully saturated rings. The van der Waals surface area contributed by atoms with Crippen molar-refractivity contribution in [3.8, 4) is 0 Å². The number of rotatable bonds is 4. The van der Waals surface area contributed by atoms with E-state index in [1.54, 1.807) is 0 Å². The van der Waals surface area contributed by atoms with Gasteiger partial charge in [-0.15, -0.1) is 5.10 Å². The average Bonchev–Trinajstić information content (AvgIpc) is 2.56. The van der Waals surface area contributed by atoms with E-state index in [0.717, 1.165) is 0 Å². The number of halogens is 3. The molecule has 0 saturated heterocycles. The van der Waals surface area contributed by atoms with Crippen LogP contribution >= 0.6 is 34.8 Å². The third-order valence-electron chi connectivity index (χ3n) is 1.75. The molecule has 1 aromatic heterocycles. The number of nitrogens with zero attached hydrogens (tertiary/aromatic N) is 3. The van der Waals surface area contributed by atoms with E-state index in [0.29, 0.717) is 13.0 Å². The van der Waals surface area contributed by atoms with Crippen LogP contribution in [0, 0.1) is 0 Å². The maximum absolute atomic E-state index is 8.98. The van der Waals surface area contributed by atoms with Crippen LogP contribution in [-0.2, 0) is 16.9 Å². The van der Waals surface area contributed by atoms with Crippen molar-refractivity contribution in [3.05, 3.63) is 11.4 Å². The Kier molecular flexibility index (Phi) is 4.61. The lowest BCUT2D eigenvalue weighted by Gasteiger charge is -2.13. The second kappa shape index (κ2) is 5.32. The van der Waals surface area contributed by atoms with Crippen molar-refractivity contribution >= 4 is 34.8 Å². The molecule has 1 aromatic rings. The van der Waals surface area contributed by atoms with Crippen molar-refractivity contribution < 1.29 is 10.2 Å². The fourth-order valence-electron chi connectivity index (χ4n) is 1.14. The largest absolute Gasteiger partial charge is 0.396 e. The van der Waals surface area contributed by atoms with Crippen molar-refractivity contribution in [2.45, 2.75) is 23.4 Å². The van der Waals surface area contributed by atoms with Crippen LogP contribution < -0.4 is 0 Å². The fraction of sp³-hybridized carbons (Fsp3) is 0.714. The monoisotopic (exact) mass is 273 g/mol. The van der Waals surface area contributed by atoms with Gasteiger partial charge in [0.2, 0.25) is 3.79 Å². The third-order valence-corrected chi connectivity index (χ3v) is 2.29. The zero-order chi connectivity index (χ0) is 11.5. The highest BCUT2D eigenvalue weighted by atomic mass is 35.6. The quantitative estimate of drug-likeness (QED) is 0.803. The Morgan fingerprint density at radius 2 is 1.93 bits per heavy atom. The SMILES string of the molecule is OCCCn1nnc(CO)c1C(Cl)(Cl)Cl. The minimum absolute atomic E-state index is 0.00756. The van der Waals surface area contributed by atoms with Crippen LogP contribution in [0.1, 0.15) is 17.8 Å². The number of aliphatic hydroxyl groups excluding tert-OH is 2. The second-order valence-corrected chi connectivity index (χ2v) is 5.12. The van der Waals surface area contributed by atoms with Gasteiger partial charge in [-0.1, -0.05) is 40.0 Å². The zero-order valence-corrected chi connectivity index (χ0v) is 9.97. The highest BCUT2D eigenvalue weighted by Gasteiger charge is 2.32. The average molecular weight is 275 g/mol. The Balaban J connectivity index is 3.01. The standard InChI is InChI=1S/C7H10Cl3N3O2/c8-7(9,10)6-5(4-15)11-12-13(6)2-1-3-14/h14-15H,1-4H2. The predicted molar refractivity (Wildman–Crippen MR) is 56.9 cm³/mol. The zero-order valence-electron chi connectivity index (χ0n) is 7.70. The van der Waals surface area contributed by atoms with E-state index in [9.17, 15) is 0 Å². The van der Waals surface area contributed by atoms with Crippen molar-refractivity contribution in [3.63, 3.8) is 0 Å². The van der Waals surface area contributed by atoms with Crippen LogP contribution in [0.5, 0.6) is 0 Å². The smallest absolute Gasteiger partial charge is 0.234 e. The maximum Gasteiger partial charge on any atom is 0.234 e. The topological polar surface area (TPSA) is 71.2 Å². The lowest BCUT2D eigenvalue weighted by Crippen LogP contribution is -2.14. The van der Waals surface area contributed by atoms with Gasteiger partial charge in [-0.25, -0.2) is 4.68 Å². The van der Waals surface area contributed by atoms with Crippen molar-refractivity contribution in [2.75, 3.05) is 6.61 Å². The molecule has 0 aliphatic carbocycles. The molecule has 0 aliphatic heterocycles. The number of aryl methyl sites for hydroxylation is 1. The summed E-state index contributed by atoms with van der Waals surface area (Å²) < 4.78 is -0.314. The van der Waals surface area contributed by atoms with Gasteiger partial charge in [-0.3, -0.25) is 0 Å². The van der Waals surface area contributed by atoms with Gasteiger partial charge >= 0.3 is 0 Å². The molecule has 0 bridgehead atoms. The Labute approximate surface area is 102 Å². The van der Waals surface area contributed by atoms with Gasteiger partial charge in [0.05, 0.1) is 6.61 Å². The third kappa shape index (κ3) is 3.19. The van der Waals surface area contributed by atoms with Crippen LogP contribution in [0.15, 0.2) is 0 Å². The molecule has 2 N–H and O–H groups in total. The molecule has 0 saturated carbocycles. The predicted octanol–water partition coefficient (Wildman–Crippen LogP) is 0.979. The first-order valence-corrected chi connectivity index (χ1v) is 5.35. The van der Waals surface area contributed by atoms with Crippen LogP contribution in [0.3, 0.4) is 0 Å². The van der Waals surface area contributed by atoms with E-state index in [2.05, 4.69) is 10.3 Å². The summed E-state index contributed by atoms with van der Waals surface area (Å²) in [4.78, 5) is 0. The molecule has 1 rings (SSSR count). The second-order valence-electron chi connectivity index (χ2n) is 2.84. The molecule has 0 spiro atoms. The Bertz CT molecular complexity index is 324. The van der Waals surface area contributed by atoms with Crippen molar-refractivity contribution in [1.82, 2.24) is 15.0 Å². The molecule has 8 heteroatoms. The van der Waals surface area contributed by atoms with E-state index in [1.165, 1.54) is 4.68 Å². The highest BCUT2D eigenvalue weighted by molar-refractivity contribution is 6.66. The molecule has 0 atom stereocenters. The molecule has 86 valence electrons. The summed E-state index contributed by atoms with van der Waals surface area (Å²) in [5, 5.41) is 25.1. The van der Waals surface area contributed by atoms with Gasteiger partial charge < -0.3 is 10.2 Å². The summed E-state index contributed by atoms with van der Waals surface area (Å²) in [6.45, 7) is 0.0444. The number of alkyl halides is 3.